The molecule has 0 radical (unpaired) electrons. The summed E-state index contributed by atoms with van der Waals surface area (Å²) < 4.78 is 33.7. The number of aryl methyl sites for hydroxylation is 2. The fraction of sp³-hybridized carbons (Fsp3) is 0.429. The first-order chi connectivity index (χ1) is 13.0. The maximum atomic E-state index is 12.5. The molecule has 6 heteroatoms. The van der Waals surface area contributed by atoms with Crippen LogP contribution in [0, 0.1) is 13.8 Å². The van der Waals surface area contributed by atoms with E-state index in [0.29, 0.717) is 18.0 Å². The second kappa shape index (κ2) is 8.97. The normalized spacial score (nSPS) is 18.5. The minimum atomic E-state index is -3.46. The Kier molecular flexibility index (Phi) is 6.65. The van der Waals surface area contributed by atoms with Crippen molar-refractivity contribution in [2.75, 3.05) is 32.8 Å². The monoisotopic (exact) mass is 388 g/mol. The highest BCUT2D eigenvalue weighted by molar-refractivity contribution is 7.89. The van der Waals surface area contributed by atoms with Gasteiger partial charge in [-0.15, -0.1) is 0 Å². The second-order valence-corrected chi connectivity index (χ2v) is 8.83. The van der Waals surface area contributed by atoms with Crippen LogP contribution in [0.5, 0.6) is 0 Å². The quantitative estimate of drug-likeness (QED) is 0.741. The number of benzene rings is 2. The summed E-state index contributed by atoms with van der Waals surface area (Å²) in [5.41, 5.74) is 2.91. The molecule has 1 heterocycles. The van der Waals surface area contributed by atoms with Gasteiger partial charge in [-0.25, -0.2) is 13.1 Å². The van der Waals surface area contributed by atoms with Gasteiger partial charge in [0.25, 0.3) is 0 Å². The highest BCUT2D eigenvalue weighted by Crippen LogP contribution is 2.22. The number of hydrogen-bond acceptors (Lipinski definition) is 4. The Morgan fingerprint density at radius 3 is 2.70 bits per heavy atom. The number of nitrogens with zero attached hydrogens (tertiary/aromatic N) is 1. The molecule has 2 aromatic rings. The molecule has 1 saturated heterocycles. The lowest BCUT2D eigenvalue weighted by molar-refractivity contribution is -0.0300. The minimum absolute atomic E-state index is 0.0894. The van der Waals surface area contributed by atoms with Gasteiger partial charge in [0.15, 0.2) is 0 Å². The van der Waals surface area contributed by atoms with Gasteiger partial charge in [-0.2, -0.15) is 0 Å². The van der Waals surface area contributed by atoms with Gasteiger partial charge in [0.2, 0.25) is 10.0 Å². The van der Waals surface area contributed by atoms with Crippen molar-refractivity contribution in [3.8, 4) is 0 Å². The van der Waals surface area contributed by atoms with E-state index in [1.165, 1.54) is 5.56 Å². The number of hydrogen-bond donors (Lipinski definition) is 1. The molecule has 0 bridgehead atoms. The average molecular weight is 389 g/mol. The third kappa shape index (κ3) is 5.39. The van der Waals surface area contributed by atoms with Crippen LogP contribution in [-0.2, 0) is 14.8 Å². The molecule has 3 rings (SSSR count). The van der Waals surface area contributed by atoms with Crippen molar-refractivity contribution in [3.05, 3.63) is 65.2 Å². The summed E-state index contributed by atoms with van der Waals surface area (Å²) in [5.74, 6) is 0. The van der Waals surface area contributed by atoms with Crippen molar-refractivity contribution in [1.82, 2.24) is 9.62 Å². The molecule has 1 aliphatic rings. The lowest BCUT2D eigenvalue weighted by Crippen LogP contribution is -2.39. The van der Waals surface area contributed by atoms with Crippen LogP contribution in [0.4, 0.5) is 0 Å². The van der Waals surface area contributed by atoms with Gasteiger partial charge in [0, 0.05) is 19.6 Å². The number of nitrogens with one attached hydrogen (secondary N) is 1. The summed E-state index contributed by atoms with van der Waals surface area (Å²) in [7, 11) is -3.46. The van der Waals surface area contributed by atoms with Gasteiger partial charge in [-0.3, -0.25) is 4.90 Å². The van der Waals surface area contributed by atoms with Gasteiger partial charge in [0.05, 0.1) is 17.6 Å². The molecule has 1 fully saturated rings. The van der Waals surface area contributed by atoms with Crippen LogP contribution in [0.3, 0.4) is 0 Å². The second-order valence-electron chi connectivity index (χ2n) is 7.09. The zero-order valence-electron chi connectivity index (χ0n) is 16.0. The summed E-state index contributed by atoms with van der Waals surface area (Å²) in [4.78, 5) is 2.71. The Labute approximate surface area is 162 Å². The van der Waals surface area contributed by atoms with Crippen LogP contribution in [0.2, 0.25) is 0 Å². The van der Waals surface area contributed by atoms with Gasteiger partial charge < -0.3 is 4.74 Å². The van der Waals surface area contributed by atoms with E-state index in [2.05, 4.69) is 21.8 Å². The molecule has 2 aromatic carbocycles. The number of sulfonamides is 1. The molecule has 1 atom stereocenters. The van der Waals surface area contributed by atoms with Crippen LogP contribution < -0.4 is 4.72 Å². The van der Waals surface area contributed by atoms with E-state index in [4.69, 9.17) is 4.74 Å². The number of morpholine rings is 1. The topological polar surface area (TPSA) is 58.6 Å². The Hall–Kier alpha value is -1.73. The molecule has 27 heavy (non-hydrogen) atoms. The van der Waals surface area contributed by atoms with E-state index in [9.17, 15) is 8.42 Å². The zero-order valence-corrected chi connectivity index (χ0v) is 16.8. The van der Waals surface area contributed by atoms with Gasteiger partial charge >= 0.3 is 0 Å². The molecule has 0 amide bonds. The highest BCUT2D eigenvalue weighted by atomic mass is 32.2. The summed E-state index contributed by atoms with van der Waals surface area (Å²) in [6, 6.07) is 15.7. The highest BCUT2D eigenvalue weighted by Gasteiger charge is 2.22. The fourth-order valence-corrected chi connectivity index (χ4v) is 4.76. The van der Waals surface area contributed by atoms with Crippen molar-refractivity contribution < 1.29 is 13.2 Å². The van der Waals surface area contributed by atoms with E-state index in [0.717, 1.165) is 37.2 Å². The smallest absolute Gasteiger partial charge is 0.240 e. The zero-order chi connectivity index (χ0) is 19.3. The first-order valence-corrected chi connectivity index (χ1v) is 10.9. The van der Waals surface area contributed by atoms with E-state index in [1.54, 1.807) is 6.07 Å². The molecule has 0 saturated carbocycles. The Morgan fingerprint density at radius 2 is 1.93 bits per heavy atom. The molecule has 1 N–H and O–H groups in total. The van der Waals surface area contributed by atoms with Gasteiger partial charge in [-0.05, 0) is 49.6 Å². The first-order valence-electron chi connectivity index (χ1n) is 9.41. The molecule has 0 spiro atoms. The summed E-state index contributed by atoms with van der Waals surface area (Å²) >= 11 is 0. The third-order valence-electron chi connectivity index (χ3n) is 4.90. The standard InChI is InChI=1S/C21H28N2O3S/c1-17-9-10-18(2)21(15-17)27(24,25)22-11-6-12-23-13-14-26-20(16-23)19-7-4-3-5-8-19/h3-5,7-10,15,20,22H,6,11-14,16H2,1-2H3/t20-/m0/s1. The van der Waals surface area contributed by atoms with Crippen LogP contribution in [0.25, 0.3) is 0 Å². The molecular weight excluding hydrogens is 360 g/mol. The lowest BCUT2D eigenvalue weighted by atomic mass is 10.1. The fourth-order valence-electron chi connectivity index (χ4n) is 3.36. The Bertz CT molecular complexity index is 853. The van der Waals surface area contributed by atoms with Crippen molar-refractivity contribution in [2.24, 2.45) is 0 Å². The van der Waals surface area contributed by atoms with Crippen molar-refractivity contribution in [1.29, 1.82) is 0 Å². The van der Waals surface area contributed by atoms with E-state index in [1.807, 2.05) is 44.2 Å². The Morgan fingerprint density at radius 1 is 1.15 bits per heavy atom. The Balaban J connectivity index is 1.49. The van der Waals surface area contributed by atoms with Crippen LogP contribution in [-0.4, -0.2) is 46.1 Å². The molecule has 0 unspecified atom stereocenters. The van der Waals surface area contributed by atoms with Crippen molar-refractivity contribution >= 4 is 10.0 Å². The first kappa shape index (κ1) is 20.0. The molecule has 146 valence electrons. The summed E-state index contributed by atoms with van der Waals surface area (Å²) in [5, 5.41) is 0. The number of ether oxygens (including phenoxy) is 1. The van der Waals surface area contributed by atoms with Gasteiger partial charge in [0.1, 0.15) is 0 Å². The van der Waals surface area contributed by atoms with E-state index in [-0.39, 0.29) is 6.10 Å². The molecule has 0 aromatic heterocycles. The molecule has 5 nitrogen and oxygen atoms in total. The van der Waals surface area contributed by atoms with Crippen LogP contribution >= 0.6 is 0 Å². The SMILES string of the molecule is Cc1ccc(C)c(S(=O)(=O)NCCCN2CCO[C@H](c3ccccc3)C2)c1. The minimum Gasteiger partial charge on any atom is -0.371 e. The number of rotatable bonds is 7. The maximum Gasteiger partial charge on any atom is 0.240 e. The molecule has 0 aliphatic carbocycles. The van der Waals surface area contributed by atoms with E-state index < -0.39 is 10.0 Å². The predicted octanol–water partition coefficient (Wildman–Crippen LogP) is 3.05. The van der Waals surface area contributed by atoms with Crippen molar-refractivity contribution in [2.45, 2.75) is 31.3 Å². The van der Waals surface area contributed by atoms with Gasteiger partial charge in [-0.1, -0.05) is 42.5 Å². The summed E-state index contributed by atoms with van der Waals surface area (Å²) in [6.07, 6.45) is 0.859. The largest absolute Gasteiger partial charge is 0.371 e. The summed E-state index contributed by atoms with van der Waals surface area (Å²) in [6.45, 7) is 7.44. The lowest BCUT2D eigenvalue weighted by Gasteiger charge is -2.33. The maximum absolute atomic E-state index is 12.5. The van der Waals surface area contributed by atoms with Crippen LogP contribution in [0.1, 0.15) is 29.2 Å². The molecule has 1 aliphatic heterocycles. The average Bonchev–Trinajstić information content (AvgIpc) is 2.68. The van der Waals surface area contributed by atoms with Crippen LogP contribution in [0.15, 0.2) is 53.4 Å². The van der Waals surface area contributed by atoms with Crippen molar-refractivity contribution in [3.63, 3.8) is 0 Å². The third-order valence-corrected chi connectivity index (χ3v) is 6.50. The predicted molar refractivity (Wildman–Crippen MR) is 107 cm³/mol. The molecular formula is C21H28N2O3S. The van der Waals surface area contributed by atoms with E-state index >= 15 is 0 Å².